The van der Waals surface area contributed by atoms with Crippen LogP contribution in [0.4, 0.5) is 0 Å². The standard InChI is InChI=1S/C10H7BrO4S.K/c11-9-3-1-8-6-10(15-16(12,13)14)4-2-7(8)5-9;/h1-6H,(H,12,13,14);/q;+1/p-1. The van der Waals surface area contributed by atoms with E-state index in [-0.39, 0.29) is 57.1 Å². The van der Waals surface area contributed by atoms with Gasteiger partial charge in [0, 0.05) is 4.47 Å². The minimum Gasteiger partial charge on any atom is -0.716 e. The van der Waals surface area contributed by atoms with E-state index in [2.05, 4.69) is 20.1 Å². The molecule has 0 saturated carbocycles. The molecule has 4 nitrogen and oxygen atoms in total. The van der Waals surface area contributed by atoms with Crippen molar-refractivity contribution in [2.24, 2.45) is 0 Å². The van der Waals surface area contributed by atoms with Gasteiger partial charge >= 0.3 is 51.4 Å². The van der Waals surface area contributed by atoms with Crippen molar-refractivity contribution in [1.29, 1.82) is 0 Å². The van der Waals surface area contributed by atoms with Crippen molar-refractivity contribution in [3.05, 3.63) is 40.9 Å². The van der Waals surface area contributed by atoms with Gasteiger partial charge in [0.15, 0.2) is 0 Å². The van der Waals surface area contributed by atoms with E-state index in [1.807, 2.05) is 12.1 Å². The Labute approximate surface area is 150 Å². The second kappa shape index (κ2) is 6.11. The predicted octanol–water partition coefficient (Wildman–Crippen LogP) is -0.555. The third kappa shape index (κ3) is 4.60. The topological polar surface area (TPSA) is 66.4 Å². The summed E-state index contributed by atoms with van der Waals surface area (Å²) in [4.78, 5) is 0. The van der Waals surface area contributed by atoms with E-state index in [1.54, 1.807) is 12.1 Å². The maximum atomic E-state index is 10.4. The van der Waals surface area contributed by atoms with E-state index >= 15 is 0 Å². The largest absolute Gasteiger partial charge is 1.00 e. The second-order valence-electron chi connectivity index (χ2n) is 3.14. The van der Waals surface area contributed by atoms with Crippen molar-refractivity contribution >= 4 is 37.1 Å². The molecule has 0 radical (unpaired) electrons. The van der Waals surface area contributed by atoms with Gasteiger partial charge in [-0.2, -0.15) is 0 Å². The fraction of sp³-hybridized carbons (Fsp3) is 0. The summed E-state index contributed by atoms with van der Waals surface area (Å²) in [5.41, 5.74) is 0. The Hall–Kier alpha value is 0.526. The van der Waals surface area contributed by atoms with E-state index in [1.165, 1.54) is 12.1 Å². The molecule has 0 aliphatic rings. The molecule has 17 heavy (non-hydrogen) atoms. The molecule has 0 unspecified atom stereocenters. The molecule has 2 aromatic rings. The summed E-state index contributed by atoms with van der Waals surface area (Å²) in [5, 5.41) is 1.72. The molecule has 0 fully saturated rings. The van der Waals surface area contributed by atoms with E-state index in [4.69, 9.17) is 0 Å². The molecule has 2 aromatic carbocycles. The Morgan fingerprint density at radius 3 is 2.29 bits per heavy atom. The van der Waals surface area contributed by atoms with Gasteiger partial charge in [-0.25, -0.2) is 8.42 Å². The first-order valence-electron chi connectivity index (χ1n) is 4.29. The first kappa shape index (κ1) is 15.6. The number of hydrogen-bond donors (Lipinski definition) is 0. The smallest absolute Gasteiger partial charge is 0.716 e. The van der Waals surface area contributed by atoms with Crippen LogP contribution in [0.3, 0.4) is 0 Å². The fourth-order valence-corrected chi connectivity index (χ4v) is 2.08. The Morgan fingerprint density at radius 2 is 1.65 bits per heavy atom. The molecule has 7 heteroatoms. The number of fused-ring (bicyclic) bond motifs is 1. The van der Waals surface area contributed by atoms with Crippen LogP contribution in [0.15, 0.2) is 40.9 Å². The van der Waals surface area contributed by atoms with Crippen LogP contribution in [0.2, 0.25) is 0 Å². The van der Waals surface area contributed by atoms with Gasteiger partial charge in [-0.1, -0.05) is 28.1 Å². The zero-order valence-electron chi connectivity index (χ0n) is 8.88. The van der Waals surface area contributed by atoms with Crippen LogP contribution in [0, 0.1) is 0 Å². The molecule has 0 spiro atoms. The van der Waals surface area contributed by atoms with Gasteiger partial charge in [0.05, 0.1) is 0 Å². The first-order valence-corrected chi connectivity index (χ1v) is 6.41. The summed E-state index contributed by atoms with van der Waals surface area (Å²) < 4.78 is 36.4. The van der Waals surface area contributed by atoms with E-state index < -0.39 is 10.4 Å². The van der Waals surface area contributed by atoms with Gasteiger partial charge in [0.2, 0.25) is 0 Å². The second-order valence-corrected chi connectivity index (χ2v) is 5.04. The summed E-state index contributed by atoms with van der Waals surface area (Å²) >= 11 is 3.32. The molecule has 0 bridgehead atoms. The molecular weight excluding hydrogens is 335 g/mol. The van der Waals surface area contributed by atoms with Crippen molar-refractivity contribution in [2.45, 2.75) is 0 Å². The minimum atomic E-state index is -4.71. The Bertz CT molecular complexity index is 642. The SMILES string of the molecule is O=S(=O)([O-])Oc1ccc2cc(Br)ccc2c1.[K+]. The van der Waals surface area contributed by atoms with Gasteiger partial charge in [-0.05, 0) is 35.0 Å². The zero-order valence-corrected chi connectivity index (χ0v) is 14.4. The quantitative estimate of drug-likeness (QED) is 0.418. The van der Waals surface area contributed by atoms with Gasteiger partial charge in [-0.3, -0.25) is 0 Å². The maximum Gasteiger partial charge on any atom is 1.00 e. The zero-order chi connectivity index (χ0) is 11.8. The molecule has 0 amide bonds. The molecule has 0 heterocycles. The Morgan fingerprint density at radius 1 is 1.06 bits per heavy atom. The Balaban J connectivity index is 0.00000144. The fourth-order valence-electron chi connectivity index (χ4n) is 1.36. The monoisotopic (exact) mass is 340 g/mol. The minimum absolute atomic E-state index is 0. The van der Waals surface area contributed by atoms with Crippen molar-refractivity contribution in [1.82, 2.24) is 0 Å². The molecule has 0 aliphatic carbocycles. The number of halogens is 1. The number of benzene rings is 2. The molecule has 0 saturated heterocycles. The molecule has 0 N–H and O–H groups in total. The summed E-state index contributed by atoms with van der Waals surface area (Å²) in [6, 6.07) is 10.1. The molecule has 0 aliphatic heterocycles. The third-order valence-electron chi connectivity index (χ3n) is 1.97. The summed E-state index contributed by atoms with van der Waals surface area (Å²) in [6.45, 7) is 0. The molecule has 0 atom stereocenters. The summed E-state index contributed by atoms with van der Waals surface area (Å²) in [7, 11) is -4.71. The van der Waals surface area contributed by atoms with Gasteiger partial charge in [-0.15, -0.1) is 0 Å². The third-order valence-corrected chi connectivity index (χ3v) is 2.86. The average molecular weight is 341 g/mol. The number of rotatable bonds is 2. The van der Waals surface area contributed by atoms with Crippen LogP contribution in [-0.2, 0) is 10.4 Å². The van der Waals surface area contributed by atoms with Crippen LogP contribution >= 0.6 is 15.9 Å². The van der Waals surface area contributed by atoms with Gasteiger partial charge < -0.3 is 8.74 Å². The Kier molecular flexibility index (Phi) is 5.60. The first-order chi connectivity index (χ1) is 7.44. The van der Waals surface area contributed by atoms with Crippen LogP contribution in [0.25, 0.3) is 10.8 Å². The van der Waals surface area contributed by atoms with E-state index in [9.17, 15) is 13.0 Å². The van der Waals surface area contributed by atoms with Crippen LogP contribution in [0.5, 0.6) is 5.75 Å². The van der Waals surface area contributed by atoms with Crippen LogP contribution < -0.4 is 55.6 Å². The van der Waals surface area contributed by atoms with Crippen LogP contribution in [-0.4, -0.2) is 13.0 Å². The molecule has 0 aromatic heterocycles. The summed E-state index contributed by atoms with van der Waals surface area (Å²) in [5.74, 6) is 0.0184. The normalized spacial score (nSPS) is 10.9. The number of hydrogen-bond acceptors (Lipinski definition) is 4. The predicted molar refractivity (Wildman–Crippen MR) is 62.0 cm³/mol. The van der Waals surface area contributed by atoms with Crippen molar-refractivity contribution in [3.63, 3.8) is 0 Å². The summed E-state index contributed by atoms with van der Waals surface area (Å²) in [6.07, 6.45) is 0. The van der Waals surface area contributed by atoms with Crippen molar-refractivity contribution in [2.75, 3.05) is 0 Å². The van der Waals surface area contributed by atoms with Crippen LogP contribution in [0.1, 0.15) is 0 Å². The average Bonchev–Trinajstić information content (AvgIpc) is 2.16. The van der Waals surface area contributed by atoms with E-state index in [0.717, 1.165) is 15.2 Å². The molecule has 2 rings (SSSR count). The van der Waals surface area contributed by atoms with Gasteiger partial charge in [0.1, 0.15) is 5.75 Å². The molecule has 84 valence electrons. The van der Waals surface area contributed by atoms with Gasteiger partial charge in [0.25, 0.3) is 10.4 Å². The van der Waals surface area contributed by atoms with Crippen molar-refractivity contribution < 1.29 is 68.5 Å². The van der Waals surface area contributed by atoms with E-state index in [0.29, 0.717) is 0 Å². The maximum absolute atomic E-state index is 10.4. The molecular formula is C10H6BrKO4S. The van der Waals surface area contributed by atoms with Crippen molar-refractivity contribution in [3.8, 4) is 5.75 Å².